The Kier molecular flexibility index (Phi) is 6.52. The van der Waals surface area contributed by atoms with Crippen LogP contribution in [0.15, 0.2) is 79.0 Å². The third kappa shape index (κ3) is 4.72. The maximum absolute atomic E-state index is 13.6. The van der Waals surface area contributed by atoms with Crippen molar-refractivity contribution >= 4 is 5.91 Å². The maximum Gasteiger partial charge on any atom is 0.253 e. The molecule has 36 heavy (non-hydrogen) atoms. The molecular formula is C28H25F2N3O3. The molecule has 1 aromatic heterocycles. The quantitative estimate of drug-likeness (QED) is 0.353. The van der Waals surface area contributed by atoms with Crippen molar-refractivity contribution in [1.82, 2.24) is 14.7 Å². The van der Waals surface area contributed by atoms with Crippen molar-refractivity contribution in [2.45, 2.75) is 25.7 Å². The average Bonchev–Trinajstić information content (AvgIpc) is 3.45. The second-order valence-electron chi connectivity index (χ2n) is 8.62. The molecule has 3 aromatic carbocycles. The molecule has 0 bridgehead atoms. The van der Waals surface area contributed by atoms with Crippen molar-refractivity contribution in [3.05, 3.63) is 102 Å². The molecule has 0 unspecified atom stereocenters. The van der Waals surface area contributed by atoms with Gasteiger partial charge in [0.1, 0.15) is 29.2 Å². The summed E-state index contributed by atoms with van der Waals surface area (Å²) in [5.74, 6) is -0.0653. The number of aromatic nitrogens is 2. The Balaban J connectivity index is 1.51. The summed E-state index contributed by atoms with van der Waals surface area (Å²) in [6.45, 7) is 2.16. The van der Waals surface area contributed by atoms with Gasteiger partial charge in [-0.1, -0.05) is 12.1 Å². The van der Waals surface area contributed by atoms with Gasteiger partial charge in [0, 0.05) is 23.9 Å². The van der Waals surface area contributed by atoms with Gasteiger partial charge in [-0.2, -0.15) is 5.10 Å². The van der Waals surface area contributed by atoms with Gasteiger partial charge in [0.05, 0.1) is 12.8 Å². The first-order valence-electron chi connectivity index (χ1n) is 11.6. The number of carbonyl (C=O) groups excluding carboxylic acids is 1. The van der Waals surface area contributed by atoms with Gasteiger partial charge < -0.3 is 14.4 Å². The van der Waals surface area contributed by atoms with E-state index in [9.17, 15) is 13.6 Å². The van der Waals surface area contributed by atoms with Gasteiger partial charge in [0.15, 0.2) is 6.23 Å². The number of nitrogens with zero attached hydrogens (tertiary/aromatic N) is 3. The van der Waals surface area contributed by atoms with Gasteiger partial charge in [-0.25, -0.2) is 13.5 Å². The molecule has 8 heteroatoms. The van der Waals surface area contributed by atoms with E-state index in [0.29, 0.717) is 35.5 Å². The molecule has 1 amide bonds. The molecule has 0 saturated carbocycles. The third-order valence-corrected chi connectivity index (χ3v) is 6.26. The van der Waals surface area contributed by atoms with E-state index < -0.39 is 12.3 Å². The van der Waals surface area contributed by atoms with Crippen LogP contribution in [0.25, 0.3) is 16.9 Å². The highest BCUT2D eigenvalue weighted by atomic mass is 19.1. The van der Waals surface area contributed by atoms with Crippen LogP contribution in [0.3, 0.4) is 0 Å². The van der Waals surface area contributed by atoms with Crippen molar-refractivity contribution in [3.8, 4) is 22.7 Å². The molecular weight excluding hydrogens is 464 g/mol. The number of rotatable bonds is 7. The fourth-order valence-corrected chi connectivity index (χ4v) is 4.31. The van der Waals surface area contributed by atoms with E-state index in [0.717, 1.165) is 11.3 Å². The zero-order chi connectivity index (χ0) is 25.2. The lowest BCUT2D eigenvalue weighted by molar-refractivity contribution is -0.130. The van der Waals surface area contributed by atoms with Crippen molar-refractivity contribution in [2.24, 2.45) is 0 Å². The van der Waals surface area contributed by atoms with E-state index in [-0.39, 0.29) is 17.5 Å². The van der Waals surface area contributed by atoms with Gasteiger partial charge in [-0.15, -0.1) is 0 Å². The van der Waals surface area contributed by atoms with Crippen molar-refractivity contribution in [3.63, 3.8) is 0 Å². The fourth-order valence-electron chi connectivity index (χ4n) is 4.31. The van der Waals surface area contributed by atoms with Gasteiger partial charge in [-0.3, -0.25) is 4.79 Å². The molecule has 5 rings (SSSR count). The van der Waals surface area contributed by atoms with E-state index in [1.165, 1.54) is 24.3 Å². The minimum Gasteiger partial charge on any atom is -0.497 e. The molecule has 1 aliphatic rings. The Labute approximate surface area is 207 Å². The van der Waals surface area contributed by atoms with Gasteiger partial charge in [0.2, 0.25) is 0 Å². The van der Waals surface area contributed by atoms with E-state index in [2.05, 4.69) is 0 Å². The number of hydrogen-bond donors (Lipinski definition) is 0. The molecule has 0 N–H and O–H groups in total. The van der Waals surface area contributed by atoms with Crippen molar-refractivity contribution in [2.75, 3.05) is 13.7 Å². The molecule has 6 nitrogen and oxygen atoms in total. The van der Waals surface area contributed by atoms with Crippen LogP contribution in [0, 0.1) is 11.6 Å². The van der Waals surface area contributed by atoms with Gasteiger partial charge >= 0.3 is 0 Å². The molecule has 0 aliphatic carbocycles. The number of benzene rings is 3. The second-order valence-corrected chi connectivity index (χ2v) is 8.62. The smallest absolute Gasteiger partial charge is 0.253 e. The van der Waals surface area contributed by atoms with E-state index in [1.807, 2.05) is 24.3 Å². The lowest BCUT2D eigenvalue weighted by Gasteiger charge is -2.23. The number of hydrogen-bond acceptors (Lipinski definition) is 4. The SMILES string of the molecule is COc1ccc(CCN2C(=O)[C@@H](C)O[C@@H]2c2cn(-c3ccc(F)cc3)nc2-c2ccc(F)cc2)cc1. The van der Waals surface area contributed by atoms with Crippen LogP contribution in [0.5, 0.6) is 5.75 Å². The minimum atomic E-state index is -0.681. The Bertz CT molecular complexity index is 1350. The van der Waals surface area contributed by atoms with Crippen LogP contribution < -0.4 is 4.74 Å². The summed E-state index contributed by atoms with van der Waals surface area (Å²) in [5.41, 5.74) is 3.60. The number of carbonyl (C=O) groups is 1. The monoisotopic (exact) mass is 489 g/mol. The molecule has 1 aliphatic heterocycles. The first kappa shape index (κ1) is 23.7. The van der Waals surface area contributed by atoms with Crippen LogP contribution in [-0.2, 0) is 16.0 Å². The highest BCUT2D eigenvalue weighted by Crippen LogP contribution is 2.37. The largest absolute Gasteiger partial charge is 0.497 e. The highest BCUT2D eigenvalue weighted by molar-refractivity contribution is 5.83. The second kappa shape index (κ2) is 9.91. The highest BCUT2D eigenvalue weighted by Gasteiger charge is 2.40. The zero-order valence-electron chi connectivity index (χ0n) is 19.9. The molecule has 0 radical (unpaired) electrons. The Morgan fingerprint density at radius 3 is 2.22 bits per heavy atom. The minimum absolute atomic E-state index is 0.118. The summed E-state index contributed by atoms with van der Waals surface area (Å²) >= 11 is 0. The predicted octanol–water partition coefficient (Wildman–Crippen LogP) is 5.31. The number of methoxy groups -OCH3 is 1. The zero-order valence-corrected chi connectivity index (χ0v) is 19.9. The van der Waals surface area contributed by atoms with Crippen LogP contribution in [0.1, 0.15) is 24.3 Å². The molecule has 1 saturated heterocycles. The number of amides is 1. The summed E-state index contributed by atoms with van der Waals surface area (Å²) in [6.07, 6.45) is 1.10. The summed E-state index contributed by atoms with van der Waals surface area (Å²) < 4.78 is 40.1. The number of halogens is 2. The Morgan fingerprint density at radius 2 is 1.58 bits per heavy atom. The van der Waals surface area contributed by atoms with Crippen molar-refractivity contribution in [1.29, 1.82) is 0 Å². The molecule has 2 atom stereocenters. The van der Waals surface area contributed by atoms with E-state index in [4.69, 9.17) is 14.6 Å². The third-order valence-electron chi connectivity index (χ3n) is 6.26. The van der Waals surface area contributed by atoms with Crippen LogP contribution >= 0.6 is 0 Å². The lowest BCUT2D eigenvalue weighted by atomic mass is 10.1. The topological polar surface area (TPSA) is 56.6 Å². The van der Waals surface area contributed by atoms with Crippen LogP contribution in [0.4, 0.5) is 8.78 Å². The first-order valence-corrected chi connectivity index (χ1v) is 11.6. The van der Waals surface area contributed by atoms with E-state index >= 15 is 0 Å². The van der Waals surface area contributed by atoms with Crippen molar-refractivity contribution < 1.29 is 23.0 Å². The van der Waals surface area contributed by atoms with Crippen LogP contribution in [0.2, 0.25) is 0 Å². The normalized spacial score (nSPS) is 17.6. The Morgan fingerprint density at radius 1 is 0.944 bits per heavy atom. The van der Waals surface area contributed by atoms with Crippen LogP contribution in [-0.4, -0.2) is 40.3 Å². The maximum atomic E-state index is 13.6. The molecule has 2 heterocycles. The standard InChI is InChI=1S/C28H25F2N3O3/c1-18-27(34)32(16-15-19-3-13-24(35-2)14-4-19)28(36-18)25-17-33(23-11-9-22(30)10-12-23)31-26(25)20-5-7-21(29)8-6-20/h3-14,17-18,28H,15-16H2,1-2H3/t18-,28-/m1/s1. The average molecular weight is 490 g/mol. The first-order chi connectivity index (χ1) is 17.4. The van der Waals surface area contributed by atoms with Gasteiger partial charge in [0.25, 0.3) is 5.91 Å². The summed E-state index contributed by atoms with van der Waals surface area (Å²) in [4.78, 5) is 14.8. The summed E-state index contributed by atoms with van der Waals surface area (Å²) in [7, 11) is 1.62. The number of ether oxygens (including phenoxy) is 2. The predicted molar refractivity (Wildman–Crippen MR) is 131 cm³/mol. The molecule has 4 aromatic rings. The lowest BCUT2D eigenvalue weighted by Crippen LogP contribution is -2.32. The van der Waals surface area contributed by atoms with Gasteiger partial charge in [-0.05, 0) is 79.6 Å². The summed E-state index contributed by atoms with van der Waals surface area (Å²) in [5, 5.41) is 4.72. The molecule has 0 spiro atoms. The molecule has 184 valence electrons. The van der Waals surface area contributed by atoms with E-state index in [1.54, 1.807) is 54.1 Å². The summed E-state index contributed by atoms with van der Waals surface area (Å²) in [6, 6.07) is 19.6. The Hall–Kier alpha value is -4.04. The molecule has 1 fully saturated rings. The fraction of sp³-hybridized carbons (Fsp3) is 0.214.